The van der Waals surface area contributed by atoms with Gasteiger partial charge in [-0.05, 0) is 35.7 Å². The van der Waals surface area contributed by atoms with E-state index in [4.69, 9.17) is 5.73 Å². The van der Waals surface area contributed by atoms with Crippen LogP contribution >= 0.6 is 12.4 Å². The summed E-state index contributed by atoms with van der Waals surface area (Å²) in [6, 6.07) is 14.2. The zero-order valence-corrected chi connectivity index (χ0v) is 16.0. The number of ether oxygens (including phenoxy) is 1. The van der Waals surface area contributed by atoms with Crippen LogP contribution in [0.1, 0.15) is 17.0 Å². The minimum absolute atomic E-state index is 0. The van der Waals surface area contributed by atoms with E-state index >= 15 is 0 Å². The second-order valence-electron chi connectivity index (χ2n) is 6.88. The molecule has 2 N–H and O–H groups in total. The molecule has 0 bridgehead atoms. The third-order valence-corrected chi connectivity index (χ3v) is 4.84. The Morgan fingerprint density at radius 1 is 1.07 bits per heavy atom. The highest BCUT2D eigenvalue weighted by atomic mass is 35.5. The third kappa shape index (κ3) is 5.83. The van der Waals surface area contributed by atoms with Gasteiger partial charge in [-0.25, -0.2) is 4.39 Å². The van der Waals surface area contributed by atoms with Crippen molar-refractivity contribution in [1.82, 2.24) is 4.90 Å². The minimum atomic E-state index is -4.50. The minimum Gasteiger partial charge on any atom is -0.481 e. The number of halogens is 5. The van der Waals surface area contributed by atoms with E-state index in [0.29, 0.717) is 30.5 Å². The third-order valence-electron chi connectivity index (χ3n) is 4.84. The number of alkyl halides is 3. The van der Waals surface area contributed by atoms with Gasteiger partial charge in [0.2, 0.25) is 0 Å². The number of likely N-dealkylation sites (tertiary alicyclic amines) is 1. The van der Waals surface area contributed by atoms with E-state index < -0.39 is 18.6 Å². The van der Waals surface area contributed by atoms with Gasteiger partial charge in [0.15, 0.2) is 18.2 Å². The average Bonchev–Trinajstić information content (AvgIpc) is 3.04. The smallest absolute Gasteiger partial charge is 0.422 e. The molecule has 1 aliphatic rings. The topological polar surface area (TPSA) is 38.5 Å². The molecule has 28 heavy (non-hydrogen) atoms. The Bertz CT molecular complexity index is 758. The fourth-order valence-electron chi connectivity index (χ4n) is 3.58. The van der Waals surface area contributed by atoms with Crippen molar-refractivity contribution in [2.45, 2.75) is 18.6 Å². The highest BCUT2D eigenvalue weighted by Gasteiger charge is 2.33. The van der Waals surface area contributed by atoms with Gasteiger partial charge in [-0.2, -0.15) is 13.2 Å². The Morgan fingerprint density at radius 3 is 2.39 bits per heavy atom. The van der Waals surface area contributed by atoms with Crippen LogP contribution in [-0.4, -0.2) is 37.3 Å². The van der Waals surface area contributed by atoms with Crippen molar-refractivity contribution in [1.29, 1.82) is 0 Å². The van der Waals surface area contributed by atoms with Crippen LogP contribution in [0.5, 0.6) is 5.75 Å². The fourth-order valence-corrected chi connectivity index (χ4v) is 3.58. The molecular weight excluding hydrogens is 396 g/mol. The predicted molar refractivity (Wildman–Crippen MR) is 102 cm³/mol. The lowest BCUT2D eigenvalue weighted by Gasteiger charge is -2.17. The van der Waals surface area contributed by atoms with Crippen molar-refractivity contribution in [3.8, 4) is 5.75 Å². The van der Waals surface area contributed by atoms with Gasteiger partial charge in [-0.15, -0.1) is 12.4 Å². The van der Waals surface area contributed by atoms with Gasteiger partial charge in [0.25, 0.3) is 0 Å². The summed E-state index contributed by atoms with van der Waals surface area (Å²) in [6.45, 7) is 1.17. The highest BCUT2D eigenvalue weighted by Crippen LogP contribution is 2.33. The molecular formula is C20H23ClF4N2O. The monoisotopic (exact) mass is 418 g/mol. The molecule has 3 nitrogen and oxygen atoms in total. The molecule has 3 rings (SSSR count). The number of nitrogens with two attached hydrogens (primary N) is 1. The molecule has 2 atom stereocenters. The van der Waals surface area contributed by atoms with E-state index in [0.717, 1.165) is 13.1 Å². The fraction of sp³-hybridized carbons (Fsp3) is 0.400. The maximum atomic E-state index is 14.1. The summed E-state index contributed by atoms with van der Waals surface area (Å²) in [6.07, 6.45) is -4.50. The standard InChI is InChI=1S/C20H22F4N2O.ClH/c21-18-8-14(6-7-19(18)27-13-20(22,23)24)10-26-11-16(9-25)17(12-26)15-4-2-1-3-5-15;/h1-8,16-17H,9-13,25H2;1H/t16-,17+;/m1./s1. The summed E-state index contributed by atoms with van der Waals surface area (Å²) in [5.41, 5.74) is 7.86. The maximum Gasteiger partial charge on any atom is 0.422 e. The van der Waals surface area contributed by atoms with Gasteiger partial charge in [-0.1, -0.05) is 36.4 Å². The first-order valence-electron chi connectivity index (χ1n) is 8.81. The summed E-state index contributed by atoms with van der Waals surface area (Å²) in [5.74, 6) is -0.549. The predicted octanol–water partition coefficient (Wildman–Crippen LogP) is 4.36. The summed E-state index contributed by atoms with van der Waals surface area (Å²) in [5, 5.41) is 0. The molecule has 0 aromatic heterocycles. The lowest BCUT2D eigenvalue weighted by atomic mass is 9.89. The van der Waals surface area contributed by atoms with Crippen LogP contribution in [0, 0.1) is 11.7 Å². The van der Waals surface area contributed by atoms with E-state index in [-0.39, 0.29) is 18.2 Å². The lowest BCUT2D eigenvalue weighted by molar-refractivity contribution is -0.153. The van der Waals surface area contributed by atoms with Gasteiger partial charge in [0.05, 0.1) is 0 Å². The molecule has 0 spiro atoms. The number of nitrogens with zero attached hydrogens (tertiary/aromatic N) is 1. The van der Waals surface area contributed by atoms with Crippen LogP contribution < -0.4 is 10.5 Å². The van der Waals surface area contributed by atoms with E-state index in [9.17, 15) is 17.6 Å². The van der Waals surface area contributed by atoms with Crippen LogP contribution in [0.25, 0.3) is 0 Å². The SMILES string of the molecule is Cl.NC[C@@H]1CN(Cc2ccc(OCC(F)(F)F)c(F)c2)C[C@H]1c1ccccc1. The number of benzene rings is 2. The Morgan fingerprint density at radius 2 is 1.79 bits per heavy atom. The van der Waals surface area contributed by atoms with E-state index in [1.165, 1.54) is 17.7 Å². The highest BCUT2D eigenvalue weighted by molar-refractivity contribution is 5.85. The van der Waals surface area contributed by atoms with Gasteiger partial charge in [0, 0.05) is 25.6 Å². The second-order valence-corrected chi connectivity index (χ2v) is 6.88. The molecule has 0 amide bonds. The van der Waals surface area contributed by atoms with Gasteiger partial charge in [-0.3, -0.25) is 4.90 Å². The number of hydrogen-bond donors (Lipinski definition) is 1. The maximum absolute atomic E-state index is 14.1. The van der Waals surface area contributed by atoms with E-state index in [1.54, 1.807) is 6.07 Å². The Balaban J connectivity index is 0.00000280. The first kappa shape index (κ1) is 22.5. The van der Waals surface area contributed by atoms with Crippen molar-refractivity contribution in [2.75, 3.05) is 26.2 Å². The zero-order chi connectivity index (χ0) is 19.4. The van der Waals surface area contributed by atoms with E-state index in [1.807, 2.05) is 18.2 Å². The van der Waals surface area contributed by atoms with Crippen LogP contribution in [0.15, 0.2) is 48.5 Å². The molecule has 2 aromatic rings. The van der Waals surface area contributed by atoms with Crippen molar-refractivity contribution in [2.24, 2.45) is 11.7 Å². The van der Waals surface area contributed by atoms with Crippen molar-refractivity contribution >= 4 is 12.4 Å². The summed E-state index contributed by atoms with van der Waals surface area (Å²) in [4.78, 5) is 2.19. The number of rotatable bonds is 6. The molecule has 0 saturated carbocycles. The zero-order valence-electron chi connectivity index (χ0n) is 15.2. The summed E-state index contributed by atoms with van der Waals surface area (Å²) >= 11 is 0. The largest absolute Gasteiger partial charge is 0.481 e. The van der Waals surface area contributed by atoms with Gasteiger partial charge in [0.1, 0.15) is 0 Å². The van der Waals surface area contributed by atoms with Crippen LogP contribution in [0.3, 0.4) is 0 Å². The number of hydrogen-bond acceptors (Lipinski definition) is 3. The molecule has 1 heterocycles. The van der Waals surface area contributed by atoms with Gasteiger partial charge >= 0.3 is 6.18 Å². The summed E-state index contributed by atoms with van der Waals surface area (Å²) < 4.78 is 55.2. The van der Waals surface area contributed by atoms with Crippen LogP contribution in [-0.2, 0) is 6.54 Å². The molecule has 1 fully saturated rings. The molecule has 1 saturated heterocycles. The van der Waals surface area contributed by atoms with Crippen LogP contribution in [0.4, 0.5) is 17.6 Å². The van der Waals surface area contributed by atoms with Crippen LogP contribution in [0.2, 0.25) is 0 Å². The van der Waals surface area contributed by atoms with Crippen molar-refractivity contribution in [3.05, 3.63) is 65.5 Å². The molecule has 0 unspecified atom stereocenters. The van der Waals surface area contributed by atoms with E-state index in [2.05, 4.69) is 21.8 Å². The van der Waals surface area contributed by atoms with Crippen molar-refractivity contribution < 1.29 is 22.3 Å². The summed E-state index contributed by atoms with van der Waals surface area (Å²) in [7, 11) is 0. The second kappa shape index (κ2) is 9.58. The quantitative estimate of drug-likeness (QED) is 0.708. The normalized spacial score (nSPS) is 20.0. The molecule has 154 valence electrons. The molecule has 1 aliphatic heterocycles. The first-order valence-corrected chi connectivity index (χ1v) is 8.81. The Hall–Kier alpha value is -1.83. The average molecular weight is 419 g/mol. The lowest BCUT2D eigenvalue weighted by Crippen LogP contribution is -2.23. The molecule has 8 heteroatoms. The van der Waals surface area contributed by atoms with Crippen molar-refractivity contribution in [3.63, 3.8) is 0 Å². The molecule has 0 radical (unpaired) electrons. The molecule has 0 aliphatic carbocycles. The van der Waals surface area contributed by atoms with Gasteiger partial charge < -0.3 is 10.5 Å². The Kier molecular flexibility index (Phi) is 7.69. The first-order chi connectivity index (χ1) is 12.9. The molecule has 2 aromatic carbocycles. The Labute approximate surface area is 167 Å².